The first-order valence-electron chi connectivity index (χ1n) is 8.06. The number of fused-ring (bicyclic) bond motifs is 3. The van der Waals surface area contributed by atoms with Crippen molar-refractivity contribution in [3.05, 3.63) is 40.4 Å². The van der Waals surface area contributed by atoms with Gasteiger partial charge < -0.3 is 18.5 Å². The van der Waals surface area contributed by atoms with E-state index in [1.807, 2.05) is 35.9 Å². The van der Waals surface area contributed by atoms with Gasteiger partial charge in [-0.1, -0.05) is 0 Å². The van der Waals surface area contributed by atoms with E-state index in [1.54, 1.807) is 7.11 Å². The predicted octanol–water partition coefficient (Wildman–Crippen LogP) is 2.13. The molecule has 4 rings (SSSR count). The van der Waals surface area contributed by atoms with E-state index < -0.39 is 0 Å². The van der Waals surface area contributed by atoms with Crippen molar-refractivity contribution in [3.63, 3.8) is 0 Å². The molecule has 1 aromatic carbocycles. The molecular formula is C18H20N2O4. The Kier molecular flexibility index (Phi) is 3.78. The van der Waals surface area contributed by atoms with E-state index in [4.69, 9.17) is 13.9 Å². The van der Waals surface area contributed by atoms with Crippen molar-refractivity contribution in [2.75, 3.05) is 33.4 Å². The van der Waals surface area contributed by atoms with Gasteiger partial charge in [0.15, 0.2) is 0 Å². The highest BCUT2D eigenvalue weighted by atomic mass is 16.5. The van der Waals surface area contributed by atoms with Gasteiger partial charge in [0.05, 0.1) is 26.9 Å². The topological polar surface area (TPSA) is 56.8 Å². The van der Waals surface area contributed by atoms with E-state index >= 15 is 0 Å². The molecule has 0 N–H and O–H groups in total. The van der Waals surface area contributed by atoms with Crippen LogP contribution in [0.1, 0.15) is 5.76 Å². The van der Waals surface area contributed by atoms with Crippen molar-refractivity contribution in [2.45, 2.75) is 6.54 Å². The molecule has 3 aromatic rings. The molecule has 6 heteroatoms. The maximum absolute atomic E-state index is 12.5. The van der Waals surface area contributed by atoms with Gasteiger partial charge in [0.1, 0.15) is 17.0 Å². The Bertz CT molecular complexity index is 951. The predicted molar refractivity (Wildman–Crippen MR) is 91.6 cm³/mol. The Balaban J connectivity index is 1.86. The van der Waals surface area contributed by atoms with Crippen LogP contribution < -0.4 is 10.4 Å². The van der Waals surface area contributed by atoms with E-state index in [0.717, 1.165) is 48.3 Å². The van der Waals surface area contributed by atoms with Crippen LogP contribution in [0.25, 0.3) is 21.8 Å². The largest absolute Gasteiger partial charge is 0.497 e. The fourth-order valence-electron chi connectivity index (χ4n) is 3.39. The van der Waals surface area contributed by atoms with Crippen molar-refractivity contribution >= 4 is 21.8 Å². The zero-order valence-corrected chi connectivity index (χ0v) is 13.9. The highest BCUT2D eigenvalue weighted by Crippen LogP contribution is 2.30. The van der Waals surface area contributed by atoms with Crippen LogP contribution in [0.3, 0.4) is 0 Å². The summed E-state index contributed by atoms with van der Waals surface area (Å²) in [4.78, 5) is 14.8. The summed E-state index contributed by atoms with van der Waals surface area (Å²) in [6, 6.07) is 7.82. The van der Waals surface area contributed by atoms with Gasteiger partial charge in [0, 0.05) is 36.4 Å². The van der Waals surface area contributed by atoms with E-state index in [0.29, 0.717) is 17.8 Å². The summed E-state index contributed by atoms with van der Waals surface area (Å²) in [5.74, 6) is 1.46. The number of morpholine rings is 1. The zero-order valence-electron chi connectivity index (χ0n) is 13.9. The summed E-state index contributed by atoms with van der Waals surface area (Å²) < 4.78 is 18.1. The van der Waals surface area contributed by atoms with Gasteiger partial charge in [0.25, 0.3) is 0 Å². The summed E-state index contributed by atoms with van der Waals surface area (Å²) in [6.07, 6.45) is 0. The highest BCUT2D eigenvalue weighted by Gasteiger charge is 2.17. The van der Waals surface area contributed by atoms with Crippen LogP contribution in [0.2, 0.25) is 0 Å². The van der Waals surface area contributed by atoms with Gasteiger partial charge in [-0.3, -0.25) is 4.90 Å². The lowest BCUT2D eigenvalue weighted by molar-refractivity contribution is 0.0310. The Morgan fingerprint density at radius 1 is 1.17 bits per heavy atom. The molecule has 6 nitrogen and oxygen atoms in total. The normalized spacial score (nSPS) is 16.1. The second-order valence-electron chi connectivity index (χ2n) is 6.09. The molecule has 1 aliphatic heterocycles. The first-order valence-corrected chi connectivity index (χ1v) is 8.06. The first kappa shape index (κ1) is 15.2. The van der Waals surface area contributed by atoms with Gasteiger partial charge in [-0.2, -0.15) is 0 Å². The fourth-order valence-corrected chi connectivity index (χ4v) is 3.39. The van der Waals surface area contributed by atoms with Gasteiger partial charge in [0.2, 0.25) is 0 Å². The van der Waals surface area contributed by atoms with Crippen molar-refractivity contribution < 1.29 is 13.9 Å². The molecule has 0 radical (unpaired) electrons. The third kappa shape index (κ3) is 2.48. The van der Waals surface area contributed by atoms with Crippen molar-refractivity contribution in [3.8, 4) is 5.75 Å². The molecule has 126 valence electrons. The summed E-state index contributed by atoms with van der Waals surface area (Å²) in [7, 11) is 3.53. The summed E-state index contributed by atoms with van der Waals surface area (Å²) >= 11 is 0. The number of benzene rings is 1. The lowest BCUT2D eigenvalue weighted by Gasteiger charge is -2.25. The molecule has 2 aromatic heterocycles. The summed E-state index contributed by atoms with van der Waals surface area (Å²) in [5, 5.41) is 1.91. The van der Waals surface area contributed by atoms with Crippen LogP contribution in [-0.2, 0) is 18.3 Å². The van der Waals surface area contributed by atoms with Crippen LogP contribution in [0.4, 0.5) is 0 Å². The monoisotopic (exact) mass is 328 g/mol. The van der Waals surface area contributed by atoms with Crippen LogP contribution in [0.15, 0.2) is 33.5 Å². The van der Waals surface area contributed by atoms with Gasteiger partial charge in [-0.05, 0) is 24.3 Å². The minimum absolute atomic E-state index is 0.298. The average molecular weight is 328 g/mol. The number of aryl methyl sites for hydroxylation is 1. The summed E-state index contributed by atoms with van der Waals surface area (Å²) in [6.45, 7) is 3.76. The smallest absolute Gasteiger partial charge is 0.360 e. The minimum Gasteiger partial charge on any atom is -0.497 e. The number of nitrogens with zero attached hydrogens (tertiary/aromatic N) is 2. The second-order valence-corrected chi connectivity index (χ2v) is 6.09. The number of aromatic nitrogens is 1. The van der Waals surface area contributed by atoms with E-state index in [-0.39, 0.29) is 5.63 Å². The van der Waals surface area contributed by atoms with Gasteiger partial charge in [-0.15, -0.1) is 0 Å². The van der Waals surface area contributed by atoms with E-state index in [9.17, 15) is 4.79 Å². The number of ether oxygens (including phenoxy) is 2. The van der Waals surface area contributed by atoms with Crippen LogP contribution in [0, 0.1) is 0 Å². The summed E-state index contributed by atoms with van der Waals surface area (Å²) in [5.41, 5.74) is 1.28. The Hall–Kier alpha value is -2.31. The first-order chi connectivity index (χ1) is 11.7. The highest BCUT2D eigenvalue weighted by molar-refractivity contribution is 6.08. The number of hydrogen-bond acceptors (Lipinski definition) is 5. The molecular weight excluding hydrogens is 308 g/mol. The fraction of sp³-hybridized carbons (Fsp3) is 0.389. The van der Waals surface area contributed by atoms with Gasteiger partial charge >= 0.3 is 5.63 Å². The average Bonchev–Trinajstić information content (AvgIpc) is 2.88. The third-order valence-electron chi connectivity index (χ3n) is 4.65. The molecule has 0 aliphatic carbocycles. The molecule has 3 heterocycles. The van der Waals surface area contributed by atoms with Crippen molar-refractivity contribution in [2.24, 2.45) is 7.05 Å². The second kappa shape index (κ2) is 5.96. The molecule has 0 bridgehead atoms. The molecule has 24 heavy (non-hydrogen) atoms. The Morgan fingerprint density at radius 3 is 2.71 bits per heavy atom. The van der Waals surface area contributed by atoms with Gasteiger partial charge in [-0.25, -0.2) is 4.79 Å². The molecule has 1 saturated heterocycles. The molecule has 0 atom stereocenters. The minimum atomic E-state index is -0.298. The number of hydrogen-bond donors (Lipinski definition) is 0. The standard InChI is InChI=1S/C18H20N2O4/c1-19-16-4-3-12(22-2)9-14(16)15-10-13(24-18(21)17(15)19)11-20-5-7-23-8-6-20/h3-4,9-10H,5-8,11H2,1-2H3. The molecule has 1 aliphatic rings. The molecule has 0 amide bonds. The van der Waals surface area contributed by atoms with Crippen LogP contribution in [0.5, 0.6) is 5.75 Å². The van der Waals surface area contributed by atoms with E-state index in [2.05, 4.69) is 4.90 Å². The molecule has 1 fully saturated rings. The maximum atomic E-state index is 12.5. The zero-order chi connectivity index (χ0) is 16.7. The molecule has 0 unspecified atom stereocenters. The SMILES string of the molecule is COc1ccc2c(c1)c1cc(CN3CCOCC3)oc(=O)c1n2C. The van der Waals surface area contributed by atoms with Crippen molar-refractivity contribution in [1.82, 2.24) is 9.47 Å². The molecule has 0 spiro atoms. The van der Waals surface area contributed by atoms with Crippen LogP contribution in [-0.4, -0.2) is 42.9 Å². The maximum Gasteiger partial charge on any atom is 0.360 e. The number of rotatable bonds is 3. The van der Waals surface area contributed by atoms with Crippen LogP contribution >= 0.6 is 0 Å². The number of methoxy groups -OCH3 is 1. The van der Waals surface area contributed by atoms with Crippen molar-refractivity contribution in [1.29, 1.82) is 0 Å². The third-order valence-corrected chi connectivity index (χ3v) is 4.65. The lowest BCUT2D eigenvalue weighted by Crippen LogP contribution is -2.35. The Morgan fingerprint density at radius 2 is 1.96 bits per heavy atom. The quantitative estimate of drug-likeness (QED) is 0.737. The lowest BCUT2D eigenvalue weighted by atomic mass is 10.1. The molecule has 0 saturated carbocycles. The van der Waals surface area contributed by atoms with E-state index in [1.165, 1.54) is 0 Å². The Labute approximate surface area is 139 Å².